The first-order chi connectivity index (χ1) is 10.0. The van der Waals surface area contributed by atoms with Crippen LogP contribution in [0, 0.1) is 5.82 Å². The van der Waals surface area contributed by atoms with Crippen molar-refractivity contribution < 1.29 is 14.3 Å². The molecule has 1 fully saturated rings. The van der Waals surface area contributed by atoms with E-state index in [0.29, 0.717) is 12.8 Å². The number of aromatic nitrogens is 1. The fourth-order valence-electron chi connectivity index (χ4n) is 3.55. The summed E-state index contributed by atoms with van der Waals surface area (Å²) in [7, 11) is 0. The highest BCUT2D eigenvalue weighted by Gasteiger charge is 2.49. The molecule has 2 atom stereocenters. The van der Waals surface area contributed by atoms with Gasteiger partial charge in [-0.25, -0.2) is 4.39 Å². The second-order valence-corrected chi connectivity index (χ2v) is 5.71. The van der Waals surface area contributed by atoms with Crippen molar-refractivity contribution in [1.29, 1.82) is 0 Å². The Morgan fingerprint density at radius 3 is 2.81 bits per heavy atom. The van der Waals surface area contributed by atoms with Crippen LogP contribution in [0.5, 0.6) is 0 Å². The molecule has 1 aliphatic heterocycles. The van der Waals surface area contributed by atoms with Crippen molar-refractivity contribution in [1.82, 2.24) is 9.88 Å². The maximum Gasteiger partial charge on any atom is 0.324 e. The van der Waals surface area contributed by atoms with Crippen LogP contribution < -0.4 is 0 Å². The lowest BCUT2D eigenvalue weighted by Gasteiger charge is -2.39. The topological polar surface area (TPSA) is 53.4 Å². The fraction of sp³-hybridized carbons (Fsp3) is 0.625. The van der Waals surface area contributed by atoms with Gasteiger partial charge in [0.15, 0.2) is 0 Å². The van der Waals surface area contributed by atoms with Crippen molar-refractivity contribution in [3.05, 3.63) is 29.8 Å². The van der Waals surface area contributed by atoms with Crippen LogP contribution in [0.25, 0.3) is 0 Å². The molecule has 1 aliphatic rings. The minimum Gasteiger partial charge on any atom is -0.480 e. The lowest BCUT2D eigenvalue weighted by molar-refractivity contribution is -0.152. The van der Waals surface area contributed by atoms with Crippen LogP contribution in [0.15, 0.2) is 18.3 Å². The molecular formula is C16H23FN2O2. The Hall–Kier alpha value is -1.49. The molecule has 0 amide bonds. The van der Waals surface area contributed by atoms with E-state index in [1.807, 2.05) is 13.8 Å². The van der Waals surface area contributed by atoms with Crippen molar-refractivity contribution in [3.63, 3.8) is 0 Å². The summed E-state index contributed by atoms with van der Waals surface area (Å²) in [6.45, 7) is 4.79. The highest BCUT2D eigenvalue weighted by molar-refractivity contribution is 5.79. The zero-order chi connectivity index (χ0) is 15.5. The van der Waals surface area contributed by atoms with Gasteiger partial charge in [0.05, 0.1) is 17.9 Å². The molecule has 0 saturated carbocycles. The first-order valence-corrected chi connectivity index (χ1v) is 7.66. The number of hydrogen-bond donors (Lipinski definition) is 1. The monoisotopic (exact) mass is 294 g/mol. The van der Waals surface area contributed by atoms with E-state index < -0.39 is 11.5 Å². The summed E-state index contributed by atoms with van der Waals surface area (Å²) in [5.41, 5.74) is -0.0478. The van der Waals surface area contributed by atoms with Gasteiger partial charge in [0.1, 0.15) is 11.4 Å². The smallest absolute Gasteiger partial charge is 0.324 e. The molecule has 0 bridgehead atoms. The summed E-state index contributed by atoms with van der Waals surface area (Å²) in [6, 6.07) is 2.99. The maximum absolute atomic E-state index is 13.1. The van der Waals surface area contributed by atoms with Crippen molar-refractivity contribution >= 4 is 5.97 Å². The van der Waals surface area contributed by atoms with E-state index in [1.54, 1.807) is 6.07 Å². The quantitative estimate of drug-likeness (QED) is 0.873. The predicted octanol–water partition coefficient (Wildman–Crippen LogP) is 3.39. The number of aliphatic carboxylic acids is 1. The normalized spacial score (nSPS) is 24.1. The minimum absolute atomic E-state index is 0.0734. The standard InChI is InChI=1S/C16H23FN2O2/c1-3-8-16(15(20)21)9-5-10-19(16)14(4-2)13-7-6-12(17)11-18-13/h6-7,11,14H,3-5,8-10H2,1-2H3,(H,20,21). The van der Waals surface area contributed by atoms with Crippen LogP contribution in [0.3, 0.4) is 0 Å². The molecule has 2 rings (SSSR count). The van der Waals surface area contributed by atoms with E-state index in [4.69, 9.17) is 0 Å². The van der Waals surface area contributed by atoms with Crippen LogP contribution in [0.2, 0.25) is 0 Å². The second kappa shape index (κ2) is 6.52. The van der Waals surface area contributed by atoms with Gasteiger partial charge in [-0.3, -0.25) is 14.7 Å². The SMILES string of the molecule is CCCC1(C(=O)O)CCCN1C(CC)c1ccc(F)cn1. The third kappa shape index (κ3) is 2.93. The number of carboxylic acids is 1. The molecule has 1 aromatic rings. The van der Waals surface area contributed by atoms with Crippen LogP contribution in [-0.4, -0.2) is 33.0 Å². The molecule has 1 saturated heterocycles. The number of halogens is 1. The largest absolute Gasteiger partial charge is 0.480 e. The fourth-order valence-corrected chi connectivity index (χ4v) is 3.55. The third-order valence-corrected chi connectivity index (χ3v) is 4.46. The predicted molar refractivity (Wildman–Crippen MR) is 78.4 cm³/mol. The van der Waals surface area contributed by atoms with Crippen molar-refractivity contribution in [2.75, 3.05) is 6.54 Å². The van der Waals surface area contributed by atoms with Gasteiger partial charge >= 0.3 is 5.97 Å². The van der Waals surface area contributed by atoms with E-state index in [1.165, 1.54) is 12.3 Å². The number of nitrogens with zero attached hydrogens (tertiary/aromatic N) is 2. The highest BCUT2D eigenvalue weighted by Crippen LogP contribution is 2.41. The molecule has 0 aromatic carbocycles. The summed E-state index contributed by atoms with van der Waals surface area (Å²) < 4.78 is 13.1. The first-order valence-electron chi connectivity index (χ1n) is 7.66. The van der Waals surface area contributed by atoms with Crippen molar-refractivity contribution in [3.8, 4) is 0 Å². The van der Waals surface area contributed by atoms with Crippen LogP contribution in [-0.2, 0) is 4.79 Å². The Morgan fingerprint density at radius 2 is 2.29 bits per heavy atom. The lowest BCUT2D eigenvalue weighted by Crippen LogP contribution is -2.51. The average molecular weight is 294 g/mol. The molecule has 1 aromatic heterocycles. The maximum atomic E-state index is 13.1. The Balaban J connectivity index is 2.35. The van der Waals surface area contributed by atoms with Gasteiger partial charge < -0.3 is 5.11 Å². The zero-order valence-electron chi connectivity index (χ0n) is 12.7. The van der Waals surface area contributed by atoms with Gasteiger partial charge in [-0.1, -0.05) is 20.3 Å². The minimum atomic E-state index is -0.800. The molecule has 4 nitrogen and oxygen atoms in total. The average Bonchev–Trinajstić information content (AvgIpc) is 2.87. The van der Waals surface area contributed by atoms with E-state index in [9.17, 15) is 14.3 Å². The Kier molecular flexibility index (Phi) is 4.93. The first kappa shape index (κ1) is 15.9. The van der Waals surface area contributed by atoms with E-state index in [2.05, 4.69) is 9.88 Å². The number of pyridine rings is 1. The van der Waals surface area contributed by atoms with Crippen LogP contribution >= 0.6 is 0 Å². The van der Waals surface area contributed by atoms with E-state index in [0.717, 1.165) is 31.5 Å². The highest BCUT2D eigenvalue weighted by atomic mass is 19.1. The Bertz CT molecular complexity index is 492. The van der Waals surface area contributed by atoms with Gasteiger partial charge in [-0.05, 0) is 37.8 Å². The summed E-state index contributed by atoms with van der Waals surface area (Å²) >= 11 is 0. The van der Waals surface area contributed by atoms with Gasteiger partial charge in [-0.15, -0.1) is 0 Å². The molecule has 0 spiro atoms. The number of likely N-dealkylation sites (tertiary alicyclic amines) is 1. The number of rotatable bonds is 6. The molecule has 21 heavy (non-hydrogen) atoms. The number of carbonyl (C=O) groups is 1. The molecule has 2 unspecified atom stereocenters. The van der Waals surface area contributed by atoms with Gasteiger partial charge in [0, 0.05) is 6.54 Å². The third-order valence-electron chi connectivity index (χ3n) is 4.46. The lowest BCUT2D eigenvalue weighted by atomic mass is 9.88. The molecule has 2 heterocycles. The second-order valence-electron chi connectivity index (χ2n) is 5.71. The van der Waals surface area contributed by atoms with Crippen LogP contribution in [0.1, 0.15) is 57.7 Å². The molecule has 0 aliphatic carbocycles. The van der Waals surface area contributed by atoms with Gasteiger partial charge in [0.25, 0.3) is 0 Å². The van der Waals surface area contributed by atoms with Crippen molar-refractivity contribution in [2.24, 2.45) is 0 Å². The number of carboxylic acid groups (broad SMARTS) is 1. The Labute approximate surface area is 125 Å². The van der Waals surface area contributed by atoms with Gasteiger partial charge in [-0.2, -0.15) is 0 Å². The molecule has 0 radical (unpaired) electrons. The molecular weight excluding hydrogens is 271 g/mol. The van der Waals surface area contributed by atoms with Crippen molar-refractivity contribution in [2.45, 2.75) is 57.5 Å². The number of hydrogen-bond acceptors (Lipinski definition) is 3. The molecule has 5 heteroatoms. The Morgan fingerprint density at radius 1 is 1.52 bits per heavy atom. The summed E-state index contributed by atoms with van der Waals surface area (Å²) in [5.74, 6) is -1.12. The molecule has 116 valence electrons. The summed E-state index contributed by atoms with van der Waals surface area (Å²) in [6.07, 6.45) is 4.99. The summed E-state index contributed by atoms with van der Waals surface area (Å²) in [5, 5.41) is 9.78. The molecule has 1 N–H and O–H groups in total. The zero-order valence-corrected chi connectivity index (χ0v) is 12.7. The summed E-state index contributed by atoms with van der Waals surface area (Å²) in [4.78, 5) is 18.1. The van der Waals surface area contributed by atoms with E-state index in [-0.39, 0.29) is 11.9 Å². The van der Waals surface area contributed by atoms with Gasteiger partial charge in [0.2, 0.25) is 0 Å². The van der Waals surface area contributed by atoms with E-state index >= 15 is 0 Å². The van der Waals surface area contributed by atoms with Crippen LogP contribution in [0.4, 0.5) is 4.39 Å².